The molecule has 2 heterocycles. The summed E-state index contributed by atoms with van der Waals surface area (Å²) in [5, 5.41) is 9.85. The van der Waals surface area contributed by atoms with Crippen LogP contribution in [-0.4, -0.2) is 74.9 Å². The fourth-order valence-electron chi connectivity index (χ4n) is 5.34. The van der Waals surface area contributed by atoms with Gasteiger partial charge in [-0.25, -0.2) is 0 Å². The van der Waals surface area contributed by atoms with Crippen LogP contribution in [0, 0.1) is 0 Å². The summed E-state index contributed by atoms with van der Waals surface area (Å²) in [6.07, 6.45) is 3.13. The van der Waals surface area contributed by atoms with Gasteiger partial charge in [-0.15, -0.1) is 10.2 Å². The summed E-state index contributed by atoms with van der Waals surface area (Å²) < 4.78 is 7.41. The fourth-order valence-corrected chi connectivity index (χ4v) is 6.29. The molecule has 2 amide bonds. The summed E-state index contributed by atoms with van der Waals surface area (Å²) >= 11 is 1.65. The molecular weight excluding hydrogens is 558 g/mol. The summed E-state index contributed by atoms with van der Waals surface area (Å²) in [4.78, 5) is 29.9. The average molecular weight is 598 g/mol. The standard InChI is InChI=1S/C34H39N5O3S/c1-4-26-13-15-28(16-14-26)33(41)38-22-21-37(24-25(38)2)31(40)12-8-9-23-43-34-36-35-32(27-10-6-5-7-11-27)39(34)29-17-19-30(42-3)20-18-29/h5-7,10-11,13-20,25H,4,8-9,12,21-24H2,1-3H3. The molecule has 1 aliphatic rings. The molecule has 1 fully saturated rings. The van der Waals surface area contributed by atoms with E-state index in [1.165, 1.54) is 5.56 Å². The van der Waals surface area contributed by atoms with Crippen molar-refractivity contribution in [2.75, 3.05) is 32.5 Å². The number of carbonyl (C=O) groups is 2. The molecule has 8 nitrogen and oxygen atoms in total. The van der Waals surface area contributed by atoms with Crippen molar-refractivity contribution in [1.82, 2.24) is 24.6 Å². The van der Waals surface area contributed by atoms with Crippen LogP contribution in [-0.2, 0) is 11.2 Å². The number of hydrogen-bond acceptors (Lipinski definition) is 6. The minimum atomic E-state index is -0.0188. The lowest BCUT2D eigenvalue weighted by Gasteiger charge is -2.40. The minimum absolute atomic E-state index is 0.0188. The monoisotopic (exact) mass is 597 g/mol. The number of ether oxygens (including phenoxy) is 1. The minimum Gasteiger partial charge on any atom is -0.497 e. The molecule has 0 spiro atoms. The van der Waals surface area contributed by atoms with Crippen molar-refractivity contribution in [3.05, 3.63) is 90.0 Å². The molecule has 0 bridgehead atoms. The summed E-state index contributed by atoms with van der Waals surface area (Å²) in [5.41, 5.74) is 3.88. The average Bonchev–Trinajstić information content (AvgIpc) is 3.48. The van der Waals surface area contributed by atoms with E-state index in [4.69, 9.17) is 4.74 Å². The van der Waals surface area contributed by atoms with Crippen LogP contribution in [0.15, 0.2) is 84.0 Å². The Labute approximate surface area is 258 Å². The van der Waals surface area contributed by atoms with Crippen LogP contribution in [0.25, 0.3) is 17.1 Å². The van der Waals surface area contributed by atoms with Crippen LogP contribution in [0.5, 0.6) is 5.75 Å². The van der Waals surface area contributed by atoms with Crippen LogP contribution in [0.3, 0.4) is 0 Å². The smallest absolute Gasteiger partial charge is 0.254 e. The summed E-state index contributed by atoms with van der Waals surface area (Å²) in [6, 6.07) is 25.8. The quantitative estimate of drug-likeness (QED) is 0.153. The fraction of sp³-hybridized carbons (Fsp3) is 0.353. The largest absolute Gasteiger partial charge is 0.497 e. The molecule has 5 rings (SSSR count). The van der Waals surface area contributed by atoms with Gasteiger partial charge in [-0.3, -0.25) is 14.2 Å². The van der Waals surface area contributed by atoms with Gasteiger partial charge in [0.25, 0.3) is 5.91 Å². The van der Waals surface area contributed by atoms with E-state index in [-0.39, 0.29) is 17.9 Å². The van der Waals surface area contributed by atoms with Gasteiger partial charge in [-0.2, -0.15) is 0 Å². The molecule has 3 aromatic carbocycles. The highest BCUT2D eigenvalue weighted by atomic mass is 32.2. The number of hydrogen-bond donors (Lipinski definition) is 0. The number of piperazine rings is 1. The highest BCUT2D eigenvalue weighted by molar-refractivity contribution is 7.99. The SMILES string of the molecule is CCc1ccc(C(=O)N2CCN(C(=O)CCCCSc3nnc(-c4ccccc4)n3-c3ccc(OC)cc3)CC2C)cc1. The van der Waals surface area contributed by atoms with Gasteiger partial charge in [0, 0.05) is 54.7 Å². The molecule has 4 aromatic rings. The van der Waals surface area contributed by atoms with E-state index in [0.717, 1.165) is 53.0 Å². The van der Waals surface area contributed by atoms with Crippen molar-refractivity contribution in [2.24, 2.45) is 0 Å². The molecule has 43 heavy (non-hydrogen) atoms. The number of aryl methyl sites for hydroxylation is 1. The predicted molar refractivity (Wildman–Crippen MR) is 171 cm³/mol. The molecule has 1 atom stereocenters. The molecule has 9 heteroatoms. The third-order valence-electron chi connectivity index (χ3n) is 7.86. The summed E-state index contributed by atoms with van der Waals surface area (Å²) in [5.74, 6) is 2.60. The second-order valence-corrected chi connectivity index (χ2v) is 11.8. The topological polar surface area (TPSA) is 80.6 Å². The number of methoxy groups -OCH3 is 1. The Hall–Kier alpha value is -4.11. The zero-order valence-electron chi connectivity index (χ0n) is 25.1. The van der Waals surface area contributed by atoms with Crippen molar-refractivity contribution in [3.8, 4) is 22.8 Å². The van der Waals surface area contributed by atoms with Crippen molar-refractivity contribution in [3.63, 3.8) is 0 Å². The van der Waals surface area contributed by atoms with Gasteiger partial charge in [0.05, 0.1) is 7.11 Å². The van der Waals surface area contributed by atoms with E-state index >= 15 is 0 Å². The second kappa shape index (κ2) is 14.4. The molecular formula is C34H39N5O3S. The van der Waals surface area contributed by atoms with Crippen molar-refractivity contribution < 1.29 is 14.3 Å². The Morgan fingerprint density at radius 3 is 2.35 bits per heavy atom. The van der Waals surface area contributed by atoms with Crippen molar-refractivity contribution >= 4 is 23.6 Å². The highest BCUT2D eigenvalue weighted by Crippen LogP contribution is 2.29. The molecule has 1 saturated heterocycles. The molecule has 1 aliphatic heterocycles. The van der Waals surface area contributed by atoms with Gasteiger partial charge >= 0.3 is 0 Å². The van der Waals surface area contributed by atoms with Gasteiger partial charge in [-0.05, 0) is 68.1 Å². The third-order valence-corrected chi connectivity index (χ3v) is 8.88. The van der Waals surface area contributed by atoms with Crippen LogP contribution in [0.1, 0.15) is 49.0 Å². The van der Waals surface area contributed by atoms with E-state index in [2.05, 4.69) is 21.7 Å². The number of unbranched alkanes of at least 4 members (excludes halogenated alkanes) is 1. The van der Waals surface area contributed by atoms with Crippen LogP contribution in [0.4, 0.5) is 0 Å². The lowest BCUT2D eigenvalue weighted by atomic mass is 10.1. The molecule has 0 saturated carbocycles. The van der Waals surface area contributed by atoms with Crippen LogP contribution in [0.2, 0.25) is 0 Å². The maximum absolute atomic E-state index is 13.1. The van der Waals surface area contributed by atoms with E-state index in [1.807, 2.05) is 95.6 Å². The van der Waals surface area contributed by atoms with Crippen molar-refractivity contribution in [2.45, 2.75) is 50.7 Å². The number of aromatic nitrogens is 3. The first kappa shape index (κ1) is 30.4. The molecule has 0 N–H and O–H groups in total. The molecule has 0 aliphatic carbocycles. The molecule has 1 aromatic heterocycles. The lowest BCUT2D eigenvalue weighted by molar-refractivity contribution is -0.133. The molecule has 0 radical (unpaired) electrons. The van der Waals surface area contributed by atoms with E-state index in [9.17, 15) is 9.59 Å². The first-order valence-electron chi connectivity index (χ1n) is 14.9. The van der Waals surface area contributed by atoms with Gasteiger partial charge in [-0.1, -0.05) is 61.2 Å². The van der Waals surface area contributed by atoms with Crippen molar-refractivity contribution in [1.29, 1.82) is 0 Å². The number of carbonyl (C=O) groups excluding carboxylic acids is 2. The highest BCUT2D eigenvalue weighted by Gasteiger charge is 2.30. The van der Waals surface area contributed by atoms with Gasteiger partial charge in [0.2, 0.25) is 5.91 Å². The van der Waals surface area contributed by atoms with E-state index < -0.39 is 0 Å². The zero-order valence-corrected chi connectivity index (χ0v) is 25.9. The Kier molecular flexibility index (Phi) is 10.1. The first-order valence-corrected chi connectivity index (χ1v) is 15.9. The first-order chi connectivity index (χ1) is 21.0. The van der Waals surface area contributed by atoms with E-state index in [1.54, 1.807) is 18.9 Å². The van der Waals surface area contributed by atoms with Crippen LogP contribution < -0.4 is 4.74 Å². The maximum Gasteiger partial charge on any atom is 0.254 e. The Balaban J connectivity index is 1.13. The number of nitrogens with zero attached hydrogens (tertiary/aromatic N) is 5. The Morgan fingerprint density at radius 2 is 1.67 bits per heavy atom. The van der Waals surface area contributed by atoms with Gasteiger partial charge in [0.1, 0.15) is 5.75 Å². The van der Waals surface area contributed by atoms with Crippen LogP contribution >= 0.6 is 11.8 Å². The van der Waals surface area contributed by atoms with E-state index in [0.29, 0.717) is 31.6 Å². The Morgan fingerprint density at radius 1 is 0.930 bits per heavy atom. The molecule has 1 unspecified atom stereocenters. The summed E-state index contributed by atoms with van der Waals surface area (Å²) in [6.45, 7) is 5.83. The number of amides is 2. The Bertz CT molecular complexity index is 1510. The lowest BCUT2D eigenvalue weighted by Crippen LogP contribution is -2.55. The van der Waals surface area contributed by atoms with Gasteiger partial charge < -0.3 is 14.5 Å². The number of rotatable bonds is 11. The normalized spacial score (nSPS) is 15.0. The third kappa shape index (κ3) is 7.28. The number of benzene rings is 3. The zero-order chi connectivity index (χ0) is 30.2. The molecule has 224 valence electrons. The maximum atomic E-state index is 13.1. The number of thioether (sulfide) groups is 1. The predicted octanol–water partition coefficient (Wildman–Crippen LogP) is 6.14. The van der Waals surface area contributed by atoms with Gasteiger partial charge in [0.15, 0.2) is 11.0 Å². The second-order valence-electron chi connectivity index (χ2n) is 10.7. The summed E-state index contributed by atoms with van der Waals surface area (Å²) in [7, 11) is 1.66.